The van der Waals surface area contributed by atoms with Crippen molar-refractivity contribution in [2.24, 2.45) is 0 Å². The molecule has 2 aromatic heterocycles. The van der Waals surface area contributed by atoms with Crippen LogP contribution in [-0.4, -0.2) is 92.1 Å². The van der Waals surface area contributed by atoms with Crippen molar-refractivity contribution in [1.82, 2.24) is 31.0 Å². The molecule has 6 aromatic rings. The first-order valence-electron chi connectivity index (χ1n) is 21.3. The molecule has 0 atom stereocenters. The molecule has 2 aliphatic rings. The fourth-order valence-corrected chi connectivity index (χ4v) is 8.44. The average molecular weight is 967 g/mol. The second-order valence-corrected chi connectivity index (χ2v) is 17.0. The fraction of sp³-hybridized carbons (Fsp3) is 0.143. The Hall–Kier alpha value is -8.36. The third-order valence-electron chi connectivity index (χ3n) is 9.80. The van der Waals surface area contributed by atoms with Gasteiger partial charge in [0.15, 0.2) is 0 Å². The van der Waals surface area contributed by atoms with E-state index < -0.39 is 47.1 Å². The number of nitrogens with one attached hydrogen (secondary N) is 6. The summed E-state index contributed by atoms with van der Waals surface area (Å²) in [7, 11) is 0. The van der Waals surface area contributed by atoms with Crippen LogP contribution in [0.3, 0.4) is 0 Å². The quantitative estimate of drug-likeness (QED) is 0.0473. The van der Waals surface area contributed by atoms with Gasteiger partial charge in [-0.25, -0.2) is 9.59 Å². The highest BCUT2D eigenvalue weighted by Gasteiger charge is 2.35. The van der Waals surface area contributed by atoms with Crippen LogP contribution in [0.1, 0.15) is 81.9 Å². The number of allylic oxidation sites excluding steroid dienone is 4. The smallest absolute Gasteiger partial charge is 0.410 e. The number of nitrogens with zero attached hydrogens (tertiary/aromatic N) is 2. The third-order valence-corrected chi connectivity index (χ3v) is 12.0. The van der Waals surface area contributed by atoms with Crippen molar-refractivity contribution in [2.45, 2.75) is 19.3 Å². The van der Waals surface area contributed by atoms with Crippen LogP contribution in [0, 0.1) is 0 Å². The topological polar surface area (TPSA) is 260 Å². The van der Waals surface area contributed by atoms with Gasteiger partial charge in [-0.2, -0.15) is 10.2 Å². The zero-order chi connectivity index (χ0) is 48.5. The van der Waals surface area contributed by atoms with Crippen molar-refractivity contribution in [1.29, 1.82) is 0 Å². The monoisotopic (exact) mass is 966 g/mol. The zero-order valence-electron chi connectivity index (χ0n) is 36.4. The maximum absolute atomic E-state index is 13.0. The van der Waals surface area contributed by atoms with Gasteiger partial charge in [0, 0.05) is 36.6 Å². The SMILES string of the molecule is O=C(NCCCCSC1=CC(=O)c2n[nH]c(C(=O)Nc3ccccc3)c2C1=O)Oc1ccccc1.O=C(NCCCSC1=CC(=O)c2n[nH]c(C(=O)Nc3ccccc3)c2C1=O)Oc1ccccc1. The number of fused-ring (bicyclic) bond motifs is 2. The van der Waals surface area contributed by atoms with E-state index in [1.165, 1.54) is 35.7 Å². The number of ketones is 4. The van der Waals surface area contributed by atoms with Gasteiger partial charge in [0.25, 0.3) is 11.8 Å². The molecule has 0 saturated heterocycles. The molecule has 69 heavy (non-hydrogen) atoms. The zero-order valence-corrected chi connectivity index (χ0v) is 38.1. The van der Waals surface area contributed by atoms with Gasteiger partial charge >= 0.3 is 12.2 Å². The molecule has 0 aliphatic heterocycles. The Balaban J connectivity index is 0.000000204. The third kappa shape index (κ3) is 13.2. The number of carbonyl (C=O) groups excluding carboxylic acids is 8. The summed E-state index contributed by atoms with van der Waals surface area (Å²) in [6.45, 7) is 0.740. The van der Waals surface area contributed by atoms with E-state index in [1.807, 2.05) is 24.3 Å². The van der Waals surface area contributed by atoms with Crippen molar-refractivity contribution in [2.75, 3.05) is 35.2 Å². The summed E-state index contributed by atoms with van der Waals surface area (Å²) < 4.78 is 10.3. The van der Waals surface area contributed by atoms with Gasteiger partial charge in [-0.05, 0) is 79.3 Å². The van der Waals surface area contributed by atoms with E-state index in [2.05, 4.69) is 41.7 Å². The number of aromatic amines is 2. The molecular formula is C49H42N8O10S2. The highest BCUT2D eigenvalue weighted by Crippen LogP contribution is 2.32. The number of hydrogen-bond acceptors (Lipinski definition) is 14. The largest absolute Gasteiger partial charge is 0.412 e. The summed E-state index contributed by atoms with van der Waals surface area (Å²) in [6, 6.07) is 35.0. The van der Waals surface area contributed by atoms with Crippen molar-refractivity contribution in [3.63, 3.8) is 0 Å². The molecule has 6 N–H and O–H groups in total. The lowest BCUT2D eigenvalue weighted by Crippen LogP contribution is -2.28. The Bertz CT molecular complexity index is 2920. The van der Waals surface area contributed by atoms with E-state index in [0.717, 1.165) is 0 Å². The minimum Gasteiger partial charge on any atom is -0.410 e. The molecule has 8 rings (SSSR count). The Morgan fingerprint density at radius 3 is 1.29 bits per heavy atom. The average Bonchev–Trinajstić information content (AvgIpc) is 4.02. The highest BCUT2D eigenvalue weighted by molar-refractivity contribution is 8.04. The number of Topliss-reactive ketones (excluding diaryl/α,β-unsaturated/α-hetero) is 2. The second-order valence-electron chi connectivity index (χ2n) is 14.7. The van der Waals surface area contributed by atoms with Gasteiger partial charge in [-0.1, -0.05) is 72.8 Å². The molecule has 350 valence electrons. The summed E-state index contributed by atoms with van der Waals surface area (Å²) in [5.74, 6) is -0.923. The van der Waals surface area contributed by atoms with Gasteiger partial charge in [0.2, 0.25) is 23.1 Å². The van der Waals surface area contributed by atoms with Gasteiger partial charge in [0.05, 0.1) is 20.9 Å². The molecule has 2 aliphatic carbocycles. The number of aromatic nitrogens is 4. The van der Waals surface area contributed by atoms with Crippen LogP contribution in [0.15, 0.2) is 143 Å². The molecule has 18 nitrogen and oxygen atoms in total. The maximum atomic E-state index is 13.0. The molecule has 0 bridgehead atoms. The van der Waals surface area contributed by atoms with Gasteiger partial charge < -0.3 is 30.7 Å². The number of anilines is 2. The maximum Gasteiger partial charge on any atom is 0.412 e. The molecule has 0 saturated carbocycles. The number of para-hydroxylation sites is 4. The predicted molar refractivity (Wildman–Crippen MR) is 259 cm³/mol. The molecule has 2 heterocycles. The van der Waals surface area contributed by atoms with E-state index in [4.69, 9.17) is 9.47 Å². The number of H-pyrrole nitrogens is 2. The standard InChI is InChI=1S/C25H22N4O5S.C24H20N4O5S/c30-18-15-19(35-14-8-7-13-26-25(33)34-17-11-5-2-6-12-17)23(31)20-21(18)28-29-22(20)24(32)27-16-9-3-1-4-10-16;29-17-14-18(34-13-7-12-25-24(32)33-16-10-5-2-6-11-16)22(30)19-20(17)27-28-21(19)23(31)26-15-8-3-1-4-9-15/h1-6,9-12,15H,7-8,13-14H2,(H,26,33)(H,27,32)(H,28,29);1-6,8-11,14H,7,12-13H2,(H,25,32)(H,26,31)(H,27,28). The molecule has 0 spiro atoms. The lowest BCUT2D eigenvalue weighted by Gasteiger charge is -2.12. The number of ether oxygens (including phenoxy) is 2. The summed E-state index contributed by atoms with van der Waals surface area (Å²) in [5, 5.41) is 23.5. The number of carbonyl (C=O) groups is 8. The molecular weight excluding hydrogens is 925 g/mol. The van der Waals surface area contributed by atoms with Crippen LogP contribution >= 0.6 is 23.5 Å². The minimum absolute atomic E-state index is 0.0150. The van der Waals surface area contributed by atoms with Crippen molar-refractivity contribution in [3.8, 4) is 11.5 Å². The first-order valence-corrected chi connectivity index (χ1v) is 23.3. The molecule has 0 unspecified atom stereocenters. The Morgan fingerprint density at radius 1 is 0.493 bits per heavy atom. The van der Waals surface area contributed by atoms with E-state index in [0.29, 0.717) is 66.7 Å². The number of amides is 4. The molecule has 20 heteroatoms. The van der Waals surface area contributed by atoms with Crippen LogP contribution in [-0.2, 0) is 0 Å². The van der Waals surface area contributed by atoms with Gasteiger partial charge in [-0.3, -0.25) is 39.0 Å². The van der Waals surface area contributed by atoms with Crippen molar-refractivity contribution >= 4 is 82.0 Å². The summed E-state index contributed by atoms with van der Waals surface area (Å²) in [6.07, 6.45) is 3.26. The Kier molecular flexibility index (Phi) is 16.8. The highest BCUT2D eigenvalue weighted by atomic mass is 32.2. The van der Waals surface area contributed by atoms with Crippen LogP contribution < -0.4 is 30.7 Å². The van der Waals surface area contributed by atoms with Crippen molar-refractivity contribution in [3.05, 3.63) is 177 Å². The minimum atomic E-state index is -0.573. The van der Waals surface area contributed by atoms with Crippen LogP contribution in [0.5, 0.6) is 11.5 Å². The lowest BCUT2D eigenvalue weighted by atomic mass is 9.99. The number of thioether (sulfide) groups is 2. The molecule has 0 radical (unpaired) electrons. The molecule has 0 fully saturated rings. The predicted octanol–water partition coefficient (Wildman–Crippen LogP) is 8.06. The van der Waals surface area contributed by atoms with Gasteiger partial charge in [-0.15, -0.1) is 23.5 Å². The van der Waals surface area contributed by atoms with E-state index in [-0.39, 0.29) is 43.7 Å². The second kappa shape index (κ2) is 23.9. The van der Waals surface area contributed by atoms with Crippen LogP contribution in [0.2, 0.25) is 0 Å². The normalized spacial score (nSPS) is 12.5. The first-order chi connectivity index (χ1) is 33.5. The van der Waals surface area contributed by atoms with E-state index in [9.17, 15) is 38.4 Å². The summed E-state index contributed by atoms with van der Waals surface area (Å²) in [5.41, 5.74) is 0.822. The molecule has 4 amide bonds. The Labute approximate surface area is 402 Å². The van der Waals surface area contributed by atoms with E-state index >= 15 is 0 Å². The summed E-state index contributed by atoms with van der Waals surface area (Å²) >= 11 is 2.42. The van der Waals surface area contributed by atoms with E-state index in [1.54, 1.807) is 97.1 Å². The lowest BCUT2D eigenvalue weighted by molar-refractivity contribution is 0.0978. The number of rotatable bonds is 17. The number of unbranched alkanes of at least 4 members (excludes halogenated alkanes) is 1. The first kappa shape index (κ1) is 48.6. The fourth-order valence-electron chi connectivity index (χ4n) is 6.52. The van der Waals surface area contributed by atoms with Crippen molar-refractivity contribution < 1.29 is 47.8 Å². The number of hydrogen-bond donors (Lipinski definition) is 6. The van der Waals surface area contributed by atoms with Crippen LogP contribution in [0.4, 0.5) is 21.0 Å². The number of benzene rings is 4. The molecule has 4 aromatic carbocycles. The van der Waals surface area contributed by atoms with Gasteiger partial charge in [0.1, 0.15) is 34.3 Å². The summed E-state index contributed by atoms with van der Waals surface area (Å²) in [4.78, 5) is 100. The van der Waals surface area contributed by atoms with Crippen LogP contribution in [0.25, 0.3) is 0 Å². The Morgan fingerprint density at radius 2 is 0.870 bits per heavy atom.